The summed E-state index contributed by atoms with van der Waals surface area (Å²) in [4.78, 5) is 4.64. The van der Waals surface area contributed by atoms with Gasteiger partial charge in [0.2, 0.25) is 5.89 Å². The third-order valence-electron chi connectivity index (χ3n) is 5.35. The smallest absolute Gasteiger partial charge is 0.220 e. The van der Waals surface area contributed by atoms with Crippen LogP contribution in [0.4, 0.5) is 0 Å². The van der Waals surface area contributed by atoms with Crippen LogP contribution in [0.25, 0.3) is 34.4 Å². The second-order valence-corrected chi connectivity index (χ2v) is 7.62. The van der Waals surface area contributed by atoms with E-state index in [0.29, 0.717) is 24.0 Å². The molecule has 4 aromatic carbocycles. The van der Waals surface area contributed by atoms with Crippen LogP contribution in [0.15, 0.2) is 101 Å². The molecule has 0 saturated heterocycles. The monoisotopic (exact) mass is 433 g/mol. The topological polar surface area (TPSA) is 44.5 Å². The van der Waals surface area contributed by atoms with E-state index in [9.17, 15) is 0 Å². The summed E-state index contributed by atoms with van der Waals surface area (Å²) in [6.45, 7) is 0.471. The molecule has 0 amide bonds. The Bertz CT molecular complexity index is 1390. The van der Waals surface area contributed by atoms with Gasteiger partial charge in [-0.15, -0.1) is 0 Å². The first kappa shape index (κ1) is 20.6. The molecular weight excluding hydrogens is 410 g/mol. The lowest BCUT2D eigenvalue weighted by Crippen LogP contribution is -1.97. The summed E-state index contributed by atoms with van der Waals surface area (Å²) in [5.74, 6) is 1.93. The van der Waals surface area contributed by atoms with Gasteiger partial charge in [-0.1, -0.05) is 72.8 Å². The molecule has 0 spiro atoms. The summed E-state index contributed by atoms with van der Waals surface area (Å²) in [6, 6.07) is 32.2. The van der Waals surface area contributed by atoms with Crippen molar-refractivity contribution in [3.63, 3.8) is 0 Å². The summed E-state index contributed by atoms with van der Waals surface area (Å²) >= 11 is 0. The van der Waals surface area contributed by atoms with E-state index in [4.69, 9.17) is 13.9 Å². The zero-order valence-electron chi connectivity index (χ0n) is 18.3. The zero-order chi connectivity index (χ0) is 22.5. The van der Waals surface area contributed by atoms with Crippen molar-refractivity contribution in [1.29, 1.82) is 0 Å². The van der Waals surface area contributed by atoms with Gasteiger partial charge >= 0.3 is 0 Å². The SMILES string of the molecule is COc1ccc(C=Cc2nc3cc(-c4ccccc4)ccc3o2)cc1OCc1ccccc1. The number of hydrogen-bond acceptors (Lipinski definition) is 4. The Balaban J connectivity index is 1.36. The zero-order valence-corrected chi connectivity index (χ0v) is 18.3. The number of methoxy groups -OCH3 is 1. The molecule has 4 heteroatoms. The van der Waals surface area contributed by atoms with Crippen molar-refractivity contribution >= 4 is 23.3 Å². The van der Waals surface area contributed by atoms with E-state index in [1.54, 1.807) is 7.11 Å². The molecule has 0 aliphatic rings. The lowest BCUT2D eigenvalue weighted by molar-refractivity contribution is 0.284. The average Bonchev–Trinajstić information content (AvgIpc) is 3.29. The third kappa shape index (κ3) is 4.80. The van der Waals surface area contributed by atoms with Crippen molar-refractivity contribution in [2.24, 2.45) is 0 Å². The van der Waals surface area contributed by atoms with E-state index in [-0.39, 0.29) is 0 Å². The van der Waals surface area contributed by atoms with Crippen molar-refractivity contribution in [2.75, 3.05) is 7.11 Å². The maximum absolute atomic E-state index is 6.01. The van der Waals surface area contributed by atoms with Gasteiger partial charge in [0.15, 0.2) is 17.1 Å². The quantitative estimate of drug-likeness (QED) is 0.271. The largest absolute Gasteiger partial charge is 0.493 e. The molecule has 1 heterocycles. The minimum absolute atomic E-state index is 0.471. The molecule has 33 heavy (non-hydrogen) atoms. The van der Waals surface area contributed by atoms with Crippen molar-refractivity contribution in [3.05, 3.63) is 114 Å². The Morgan fingerprint density at radius 2 is 1.55 bits per heavy atom. The Morgan fingerprint density at radius 1 is 0.758 bits per heavy atom. The van der Waals surface area contributed by atoms with E-state index < -0.39 is 0 Å². The number of hydrogen-bond donors (Lipinski definition) is 0. The Morgan fingerprint density at radius 3 is 2.33 bits per heavy atom. The third-order valence-corrected chi connectivity index (χ3v) is 5.35. The molecule has 0 radical (unpaired) electrons. The summed E-state index contributed by atoms with van der Waals surface area (Å²) in [5, 5.41) is 0. The van der Waals surface area contributed by atoms with Gasteiger partial charge < -0.3 is 13.9 Å². The summed E-state index contributed by atoms with van der Waals surface area (Å²) in [7, 11) is 1.64. The summed E-state index contributed by atoms with van der Waals surface area (Å²) in [6.07, 6.45) is 3.82. The first-order valence-electron chi connectivity index (χ1n) is 10.8. The number of fused-ring (bicyclic) bond motifs is 1. The van der Waals surface area contributed by atoms with Gasteiger partial charge in [0, 0.05) is 6.08 Å². The van der Waals surface area contributed by atoms with E-state index in [0.717, 1.165) is 33.4 Å². The maximum Gasteiger partial charge on any atom is 0.220 e. The molecular formula is C29H23NO3. The van der Waals surface area contributed by atoms with Gasteiger partial charge in [-0.25, -0.2) is 4.98 Å². The van der Waals surface area contributed by atoms with Gasteiger partial charge in [-0.05, 0) is 52.6 Å². The van der Waals surface area contributed by atoms with Crippen molar-refractivity contribution in [3.8, 4) is 22.6 Å². The molecule has 1 aromatic heterocycles. The van der Waals surface area contributed by atoms with E-state index >= 15 is 0 Å². The highest BCUT2D eigenvalue weighted by atomic mass is 16.5. The number of ether oxygens (including phenoxy) is 2. The highest BCUT2D eigenvalue weighted by Crippen LogP contribution is 2.30. The molecule has 4 nitrogen and oxygen atoms in total. The van der Waals surface area contributed by atoms with Crippen LogP contribution in [-0.4, -0.2) is 12.1 Å². The van der Waals surface area contributed by atoms with E-state index in [1.165, 1.54) is 0 Å². The van der Waals surface area contributed by atoms with Crippen molar-refractivity contribution in [2.45, 2.75) is 6.61 Å². The summed E-state index contributed by atoms with van der Waals surface area (Å²) in [5.41, 5.74) is 5.92. The van der Waals surface area contributed by atoms with Gasteiger partial charge in [0.25, 0.3) is 0 Å². The van der Waals surface area contributed by atoms with Crippen molar-refractivity contribution in [1.82, 2.24) is 4.98 Å². The number of aromatic nitrogens is 1. The van der Waals surface area contributed by atoms with Gasteiger partial charge in [-0.3, -0.25) is 0 Å². The highest BCUT2D eigenvalue weighted by molar-refractivity contribution is 5.82. The number of oxazole rings is 1. The van der Waals surface area contributed by atoms with Gasteiger partial charge in [0.1, 0.15) is 12.1 Å². The fourth-order valence-electron chi connectivity index (χ4n) is 3.64. The predicted octanol–water partition coefficient (Wildman–Crippen LogP) is 7.25. The van der Waals surface area contributed by atoms with E-state index in [1.807, 2.05) is 84.9 Å². The fourth-order valence-corrected chi connectivity index (χ4v) is 3.64. The fraction of sp³-hybridized carbons (Fsp3) is 0.0690. The second-order valence-electron chi connectivity index (χ2n) is 7.62. The number of benzene rings is 4. The van der Waals surface area contributed by atoms with Crippen LogP contribution in [0.3, 0.4) is 0 Å². The average molecular weight is 434 g/mol. The van der Waals surface area contributed by atoms with Gasteiger partial charge in [-0.2, -0.15) is 0 Å². The lowest BCUT2D eigenvalue weighted by Gasteiger charge is -2.11. The summed E-state index contributed by atoms with van der Waals surface area (Å²) < 4.78 is 17.4. The Kier molecular flexibility index (Phi) is 5.89. The Labute approximate surface area is 192 Å². The molecule has 5 aromatic rings. The molecule has 0 bridgehead atoms. The molecule has 0 atom stereocenters. The first-order valence-corrected chi connectivity index (χ1v) is 10.8. The Hall–Kier alpha value is -4.31. The predicted molar refractivity (Wildman–Crippen MR) is 132 cm³/mol. The van der Waals surface area contributed by atoms with Crippen LogP contribution < -0.4 is 9.47 Å². The molecule has 0 saturated carbocycles. The number of rotatable bonds is 7. The van der Waals surface area contributed by atoms with Crippen LogP contribution >= 0.6 is 0 Å². The minimum atomic E-state index is 0.471. The van der Waals surface area contributed by atoms with Crippen LogP contribution in [0.1, 0.15) is 17.0 Å². The van der Waals surface area contributed by atoms with Crippen LogP contribution in [0.2, 0.25) is 0 Å². The van der Waals surface area contributed by atoms with Crippen LogP contribution in [0.5, 0.6) is 11.5 Å². The minimum Gasteiger partial charge on any atom is -0.493 e. The molecule has 0 aliphatic heterocycles. The molecule has 5 rings (SSSR count). The molecule has 0 fully saturated rings. The molecule has 0 unspecified atom stereocenters. The van der Waals surface area contributed by atoms with Gasteiger partial charge in [0.05, 0.1) is 7.11 Å². The molecule has 0 N–H and O–H groups in total. The highest BCUT2D eigenvalue weighted by Gasteiger charge is 2.08. The van der Waals surface area contributed by atoms with Crippen LogP contribution in [-0.2, 0) is 6.61 Å². The normalized spacial score (nSPS) is 11.2. The van der Waals surface area contributed by atoms with Crippen LogP contribution in [0, 0.1) is 0 Å². The van der Waals surface area contributed by atoms with Crippen molar-refractivity contribution < 1.29 is 13.9 Å². The first-order chi connectivity index (χ1) is 16.3. The second kappa shape index (κ2) is 9.45. The van der Waals surface area contributed by atoms with E-state index in [2.05, 4.69) is 29.2 Å². The standard InChI is InChI=1S/C29H23NO3/c1-31-27-15-12-21(18-28(27)32-20-22-8-4-2-5-9-22)13-17-29-30-25-19-24(14-16-26(25)33-29)23-10-6-3-7-11-23/h2-19H,20H2,1H3. The molecule has 162 valence electrons. The lowest BCUT2D eigenvalue weighted by atomic mass is 10.1. The number of nitrogens with zero attached hydrogens (tertiary/aromatic N) is 1. The maximum atomic E-state index is 6.01. The molecule has 0 aliphatic carbocycles.